The Morgan fingerprint density at radius 2 is 1.67 bits per heavy atom. The number of benzene rings is 3. The van der Waals surface area contributed by atoms with Crippen LogP contribution in [0.5, 0.6) is 11.5 Å². The summed E-state index contributed by atoms with van der Waals surface area (Å²) in [6.07, 6.45) is 2.48. The molecule has 5 rings (SSSR count). The van der Waals surface area contributed by atoms with E-state index in [9.17, 15) is 29.1 Å². The van der Waals surface area contributed by atoms with Gasteiger partial charge in [0.2, 0.25) is 5.91 Å². The molecule has 45 heavy (non-hydrogen) atoms. The number of hydroxylamine groups is 2. The van der Waals surface area contributed by atoms with Crippen LogP contribution in [0, 0.1) is 0 Å². The fourth-order valence-corrected chi connectivity index (χ4v) is 4.76. The highest BCUT2D eigenvalue weighted by Crippen LogP contribution is 2.37. The molecule has 2 aliphatic heterocycles. The quantitative estimate of drug-likeness (QED) is 0.159. The van der Waals surface area contributed by atoms with Crippen LogP contribution in [0.3, 0.4) is 0 Å². The lowest BCUT2D eigenvalue weighted by Crippen LogP contribution is -2.31. The van der Waals surface area contributed by atoms with E-state index in [1.807, 2.05) is 24.3 Å². The normalized spacial score (nSPS) is 12.9. The molecule has 0 aliphatic carbocycles. The molecule has 0 saturated carbocycles. The van der Waals surface area contributed by atoms with Crippen molar-refractivity contribution in [2.45, 2.75) is 45.4 Å². The van der Waals surface area contributed by atoms with Crippen molar-refractivity contribution < 1.29 is 38.7 Å². The van der Waals surface area contributed by atoms with E-state index >= 15 is 0 Å². The Bertz CT molecular complexity index is 1720. The lowest BCUT2D eigenvalue weighted by atomic mass is 9.89. The summed E-state index contributed by atoms with van der Waals surface area (Å²) < 4.78 is 5.99. The molecule has 3 aromatic carbocycles. The van der Waals surface area contributed by atoms with E-state index in [0.29, 0.717) is 40.8 Å². The number of halogens is 1. The number of carbonyl (C=O) groups excluding carboxylic acids is 5. The molecule has 3 N–H and O–H groups in total. The SMILES string of the molecule is C=c1ccc2c(c1)Oc1cc(N)ccc1C=2c1ccccc1C(=O)[O-].CC(=O)NCCCCCC(=O)ON1C(=O)CCC1=O.Cl. The largest absolute Gasteiger partial charge is 0.545 e. The van der Waals surface area contributed by atoms with Gasteiger partial charge in [0.05, 0.1) is 5.97 Å². The van der Waals surface area contributed by atoms with Gasteiger partial charge in [-0.05, 0) is 41.8 Å². The van der Waals surface area contributed by atoms with Crippen molar-refractivity contribution in [3.05, 3.63) is 87.8 Å². The fraction of sp³-hybridized carbons (Fsp3) is 0.242. The minimum atomic E-state index is -1.22. The van der Waals surface area contributed by atoms with Crippen LogP contribution in [-0.2, 0) is 24.0 Å². The van der Waals surface area contributed by atoms with Crippen molar-refractivity contribution in [2.75, 3.05) is 12.3 Å². The van der Waals surface area contributed by atoms with E-state index < -0.39 is 23.8 Å². The van der Waals surface area contributed by atoms with Gasteiger partial charge < -0.3 is 30.5 Å². The second-order valence-electron chi connectivity index (χ2n) is 10.2. The minimum Gasteiger partial charge on any atom is -0.545 e. The van der Waals surface area contributed by atoms with Crippen LogP contribution < -0.4 is 31.3 Å². The molecular weight excluding hydrogens is 602 g/mol. The molecule has 1 saturated heterocycles. The van der Waals surface area contributed by atoms with Gasteiger partial charge in [-0.15, -0.1) is 17.5 Å². The average molecular weight is 635 g/mol. The number of nitrogens with two attached hydrogens (primary N) is 1. The number of nitrogen functional groups attached to an aromatic ring is 1. The Morgan fingerprint density at radius 1 is 0.956 bits per heavy atom. The number of nitrogens with zero attached hydrogens (tertiary/aromatic N) is 1. The van der Waals surface area contributed by atoms with Crippen LogP contribution in [0.25, 0.3) is 12.2 Å². The lowest BCUT2D eigenvalue weighted by molar-refractivity contribution is -0.255. The number of amides is 3. The van der Waals surface area contributed by atoms with Crippen LogP contribution in [0.4, 0.5) is 5.69 Å². The van der Waals surface area contributed by atoms with Crippen molar-refractivity contribution in [3.63, 3.8) is 0 Å². The molecule has 2 aliphatic rings. The molecule has 0 unspecified atom stereocenters. The number of carboxylic acids is 1. The number of rotatable bonds is 9. The monoisotopic (exact) mass is 634 g/mol. The van der Waals surface area contributed by atoms with Gasteiger partial charge in [0.15, 0.2) is 0 Å². The van der Waals surface area contributed by atoms with Crippen LogP contribution in [0.2, 0.25) is 0 Å². The second kappa shape index (κ2) is 15.5. The Labute approximate surface area is 265 Å². The Kier molecular flexibility index (Phi) is 11.8. The number of imide groups is 1. The lowest BCUT2D eigenvalue weighted by Gasteiger charge is -2.23. The third kappa shape index (κ3) is 8.70. The molecule has 236 valence electrons. The predicted octanol–water partition coefficient (Wildman–Crippen LogP) is 2.11. The van der Waals surface area contributed by atoms with Crippen molar-refractivity contribution in [2.24, 2.45) is 0 Å². The first-order valence-electron chi connectivity index (χ1n) is 14.1. The maximum Gasteiger partial charge on any atom is 0.333 e. The zero-order chi connectivity index (χ0) is 31.8. The number of unbranched alkanes of at least 4 members (excludes halogenated alkanes) is 2. The van der Waals surface area contributed by atoms with Gasteiger partial charge in [0, 0.05) is 66.4 Å². The van der Waals surface area contributed by atoms with Gasteiger partial charge in [0.25, 0.3) is 11.8 Å². The molecule has 1 fully saturated rings. The number of hydrogen-bond acceptors (Lipinski definition) is 9. The van der Waals surface area contributed by atoms with Crippen LogP contribution in [0.1, 0.15) is 66.9 Å². The van der Waals surface area contributed by atoms with E-state index in [1.54, 1.807) is 36.4 Å². The Balaban J connectivity index is 0.000000250. The number of hydrogen-bond donors (Lipinski definition) is 2. The summed E-state index contributed by atoms with van der Waals surface area (Å²) in [5, 5.41) is 16.4. The van der Waals surface area contributed by atoms with E-state index in [4.69, 9.17) is 15.3 Å². The van der Waals surface area contributed by atoms with Gasteiger partial charge in [-0.1, -0.05) is 49.4 Å². The molecule has 3 amide bonds. The number of aromatic carboxylic acids is 1. The van der Waals surface area contributed by atoms with E-state index in [2.05, 4.69) is 11.9 Å². The Morgan fingerprint density at radius 3 is 2.36 bits per heavy atom. The van der Waals surface area contributed by atoms with E-state index in [0.717, 1.165) is 34.4 Å². The third-order valence-corrected chi connectivity index (χ3v) is 6.86. The topological polar surface area (TPSA) is 168 Å². The summed E-state index contributed by atoms with van der Waals surface area (Å²) in [6, 6.07) is 17.7. The molecule has 3 aromatic rings. The fourth-order valence-electron chi connectivity index (χ4n) is 4.76. The summed E-state index contributed by atoms with van der Waals surface area (Å²) >= 11 is 0. The molecular formula is C33H33ClN3O8-. The second-order valence-corrected chi connectivity index (χ2v) is 10.2. The van der Waals surface area contributed by atoms with Crippen molar-refractivity contribution in [1.29, 1.82) is 0 Å². The standard InChI is InChI=1S/C21H15NO3.C12H18N2O5.ClH/c1-12-6-8-16-18(10-12)25-19-11-13(22)7-9-17(19)20(16)14-4-2-3-5-15(14)21(23)24;1-9(15)13-8-4-2-3-5-12(18)19-14-10(16)6-7-11(14)17;/h2-11H,1,22H2,(H,23,24);2-8H2,1H3,(H,13,15);1H/p-1. The number of nitrogens with one attached hydrogen (secondary N) is 1. The third-order valence-electron chi connectivity index (χ3n) is 6.86. The number of anilines is 1. The van der Waals surface area contributed by atoms with Crippen LogP contribution in [0.15, 0.2) is 60.7 Å². The Hall–Kier alpha value is -5.16. The van der Waals surface area contributed by atoms with Crippen LogP contribution in [-0.4, -0.2) is 41.3 Å². The minimum absolute atomic E-state index is 0. The highest BCUT2D eigenvalue weighted by atomic mass is 35.5. The van der Waals surface area contributed by atoms with Gasteiger partial charge in [0.1, 0.15) is 11.5 Å². The summed E-state index contributed by atoms with van der Waals surface area (Å²) in [5.74, 6) is -1.61. The summed E-state index contributed by atoms with van der Waals surface area (Å²) in [6.45, 7) is 5.95. The zero-order valence-electron chi connectivity index (χ0n) is 24.6. The van der Waals surface area contributed by atoms with Gasteiger partial charge in [-0.25, -0.2) is 4.79 Å². The highest BCUT2D eigenvalue weighted by molar-refractivity contribution is 6.01. The van der Waals surface area contributed by atoms with E-state index in [1.165, 1.54) is 6.92 Å². The molecule has 0 aromatic heterocycles. The first-order valence-corrected chi connectivity index (χ1v) is 14.1. The van der Waals surface area contributed by atoms with Crippen molar-refractivity contribution in [1.82, 2.24) is 10.4 Å². The van der Waals surface area contributed by atoms with Crippen LogP contribution >= 0.6 is 12.4 Å². The molecule has 0 radical (unpaired) electrons. The van der Waals surface area contributed by atoms with Gasteiger partial charge >= 0.3 is 5.97 Å². The van der Waals surface area contributed by atoms with Crippen molar-refractivity contribution >= 4 is 59.9 Å². The number of fused-ring (bicyclic) bond motifs is 2. The molecule has 0 bridgehead atoms. The van der Waals surface area contributed by atoms with Gasteiger partial charge in [-0.2, -0.15) is 0 Å². The summed E-state index contributed by atoms with van der Waals surface area (Å²) in [4.78, 5) is 60.7. The number of carbonyl (C=O) groups is 5. The molecule has 0 atom stereocenters. The first-order chi connectivity index (χ1) is 21.0. The first kappa shape index (κ1) is 34.3. The smallest absolute Gasteiger partial charge is 0.333 e. The molecule has 12 heteroatoms. The number of ether oxygens (including phenoxy) is 1. The molecule has 2 heterocycles. The predicted molar refractivity (Wildman–Crippen MR) is 166 cm³/mol. The maximum absolute atomic E-state index is 11.6. The maximum atomic E-state index is 11.6. The van der Waals surface area contributed by atoms with E-state index in [-0.39, 0.29) is 43.1 Å². The summed E-state index contributed by atoms with van der Waals surface area (Å²) in [7, 11) is 0. The highest BCUT2D eigenvalue weighted by Gasteiger charge is 2.32. The molecule has 11 nitrogen and oxygen atoms in total. The number of carboxylic acid groups (broad SMARTS) is 1. The molecule has 0 spiro atoms. The average Bonchev–Trinajstić information content (AvgIpc) is 3.29. The summed E-state index contributed by atoms with van der Waals surface area (Å²) in [5.41, 5.74) is 8.73. The van der Waals surface area contributed by atoms with Gasteiger partial charge in [-0.3, -0.25) is 14.4 Å². The zero-order valence-corrected chi connectivity index (χ0v) is 25.4. The van der Waals surface area contributed by atoms with Crippen molar-refractivity contribution in [3.8, 4) is 11.5 Å².